The Balaban J connectivity index is 1.03. The minimum atomic E-state index is -0.399. The highest BCUT2D eigenvalue weighted by atomic mass is 32.1. The minimum absolute atomic E-state index is 0.254. The van der Waals surface area contributed by atoms with Gasteiger partial charge < -0.3 is 10.2 Å². The van der Waals surface area contributed by atoms with Crippen molar-refractivity contribution in [3.05, 3.63) is 204 Å². The van der Waals surface area contributed by atoms with E-state index < -0.39 is 6.17 Å². The molecule has 0 bridgehead atoms. The van der Waals surface area contributed by atoms with Crippen LogP contribution in [0.4, 0.5) is 11.4 Å². The van der Waals surface area contributed by atoms with Crippen LogP contribution in [0.25, 0.3) is 51.5 Å². The van der Waals surface area contributed by atoms with Crippen LogP contribution >= 0.6 is 22.7 Å². The van der Waals surface area contributed by atoms with Crippen LogP contribution < -0.4 is 10.2 Å². The van der Waals surface area contributed by atoms with E-state index in [2.05, 4.69) is 180 Å². The van der Waals surface area contributed by atoms with E-state index in [4.69, 9.17) is 9.98 Å². The average Bonchev–Trinajstić information content (AvgIpc) is 3.97. The number of nitrogens with zero attached hydrogens (tertiary/aromatic N) is 3. The van der Waals surface area contributed by atoms with Gasteiger partial charge >= 0.3 is 0 Å². The number of fused-ring (bicyclic) bond motifs is 9. The van der Waals surface area contributed by atoms with Crippen molar-refractivity contribution in [2.24, 2.45) is 9.98 Å². The lowest BCUT2D eigenvalue weighted by molar-refractivity contribution is 0.746. The van der Waals surface area contributed by atoms with E-state index in [1.807, 2.05) is 34.8 Å². The van der Waals surface area contributed by atoms with Crippen LogP contribution in [0.5, 0.6) is 0 Å². The number of nitrogens with one attached hydrogen (secondary N) is 1. The molecule has 2 unspecified atom stereocenters. The smallest absolute Gasteiger partial charge is 0.171 e. The molecule has 2 aromatic heterocycles. The molecule has 9 aromatic rings. The fraction of sp³-hybridized carbons (Fsp3) is 0.0588. The first-order valence-electron chi connectivity index (χ1n) is 19.4. The van der Waals surface area contributed by atoms with Gasteiger partial charge in [-0.15, -0.1) is 22.7 Å². The van der Waals surface area contributed by atoms with Gasteiger partial charge in [0.2, 0.25) is 0 Å². The average molecular weight is 767 g/mol. The molecule has 2 atom stereocenters. The van der Waals surface area contributed by atoms with Crippen molar-refractivity contribution in [3.8, 4) is 11.1 Å². The molecule has 0 fully saturated rings. The molecule has 4 nitrogen and oxygen atoms in total. The summed E-state index contributed by atoms with van der Waals surface area (Å²) in [5, 5.41) is 8.70. The summed E-state index contributed by atoms with van der Waals surface area (Å²) in [6.07, 6.45) is 8.73. The Labute approximate surface area is 338 Å². The molecule has 57 heavy (non-hydrogen) atoms. The number of aliphatic imine (C=N–C) groups is 2. The molecule has 0 saturated carbocycles. The number of rotatable bonds is 5. The van der Waals surface area contributed by atoms with E-state index in [-0.39, 0.29) is 6.04 Å². The maximum Gasteiger partial charge on any atom is 0.171 e. The summed E-state index contributed by atoms with van der Waals surface area (Å²) >= 11 is 3.75. The van der Waals surface area contributed by atoms with Crippen LogP contribution in [0.2, 0.25) is 0 Å². The summed E-state index contributed by atoms with van der Waals surface area (Å²) in [5.41, 5.74) is 9.68. The minimum Gasteiger partial charge on any atom is -0.332 e. The molecule has 2 aliphatic heterocycles. The summed E-state index contributed by atoms with van der Waals surface area (Å²) in [7, 11) is 0. The molecule has 270 valence electrons. The van der Waals surface area contributed by atoms with Crippen molar-refractivity contribution in [3.63, 3.8) is 0 Å². The largest absolute Gasteiger partial charge is 0.332 e. The molecular formula is C51H34N4S2. The number of allylic oxidation sites excluding steroid dienone is 2. The second-order valence-corrected chi connectivity index (χ2v) is 16.9. The van der Waals surface area contributed by atoms with E-state index in [0.29, 0.717) is 5.92 Å². The van der Waals surface area contributed by atoms with Crippen LogP contribution in [0.15, 0.2) is 192 Å². The van der Waals surface area contributed by atoms with Gasteiger partial charge in [0.05, 0.1) is 16.4 Å². The van der Waals surface area contributed by atoms with Gasteiger partial charge in [-0.25, -0.2) is 9.98 Å². The summed E-state index contributed by atoms with van der Waals surface area (Å²) in [5.74, 6) is 2.00. The first kappa shape index (κ1) is 32.6. The van der Waals surface area contributed by atoms with Crippen LogP contribution in [0.3, 0.4) is 0 Å². The number of amidine groups is 2. The van der Waals surface area contributed by atoms with Gasteiger partial charge in [0.25, 0.3) is 0 Å². The summed E-state index contributed by atoms with van der Waals surface area (Å²) in [6, 6.07) is 57.1. The highest BCUT2D eigenvalue weighted by molar-refractivity contribution is 7.27. The zero-order chi connectivity index (χ0) is 37.5. The highest BCUT2D eigenvalue weighted by Gasteiger charge is 2.38. The molecule has 0 saturated heterocycles. The molecule has 0 amide bonds. The first-order valence-corrected chi connectivity index (χ1v) is 21.1. The molecule has 1 aliphatic carbocycles. The summed E-state index contributed by atoms with van der Waals surface area (Å²) in [4.78, 5) is 13.1. The number of hydrogen-bond donors (Lipinski definition) is 1. The Hall–Kier alpha value is -6.60. The molecule has 3 aliphatic rings. The van der Waals surface area contributed by atoms with E-state index in [9.17, 15) is 0 Å². The Bertz CT molecular complexity index is 3130. The fourth-order valence-corrected chi connectivity index (χ4v) is 11.7. The van der Waals surface area contributed by atoms with Crippen LogP contribution in [-0.4, -0.2) is 17.7 Å². The number of anilines is 2. The predicted octanol–water partition coefficient (Wildman–Crippen LogP) is 13.3. The Morgan fingerprint density at radius 2 is 1.02 bits per heavy atom. The summed E-state index contributed by atoms with van der Waals surface area (Å²) < 4.78 is 5.11. The Morgan fingerprint density at radius 1 is 0.474 bits per heavy atom. The monoisotopic (exact) mass is 766 g/mol. The van der Waals surface area contributed by atoms with Gasteiger partial charge in [-0.2, -0.15) is 0 Å². The zero-order valence-electron chi connectivity index (χ0n) is 30.7. The summed E-state index contributed by atoms with van der Waals surface area (Å²) in [6.45, 7) is 0. The van der Waals surface area contributed by atoms with E-state index in [0.717, 1.165) is 28.4 Å². The predicted molar refractivity (Wildman–Crippen MR) is 243 cm³/mol. The maximum atomic E-state index is 5.26. The van der Waals surface area contributed by atoms with Gasteiger partial charge in [-0.05, 0) is 41.0 Å². The van der Waals surface area contributed by atoms with Crippen LogP contribution in [-0.2, 0) is 0 Å². The van der Waals surface area contributed by atoms with Crippen molar-refractivity contribution in [1.29, 1.82) is 0 Å². The SMILES string of the molecule is C1=CC2c3ccccc3N(c3cccc4c3sc3cccc(-c5cccc6sc7c(C8N=C(c9ccccc9)NC(c9ccccc9)=N8)cccc7c56)c34)C2C=C1. The van der Waals surface area contributed by atoms with Gasteiger partial charge in [0, 0.05) is 63.9 Å². The quantitative estimate of drug-likeness (QED) is 0.189. The molecule has 0 spiro atoms. The second kappa shape index (κ2) is 13.0. The molecule has 4 heterocycles. The third-order valence-electron chi connectivity index (χ3n) is 11.7. The lowest BCUT2D eigenvalue weighted by Crippen LogP contribution is -2.36. The van der Waals surface area contributed by atoms with Gasteiger partial charge in [0.1, 0.15) is 11.7 Å². The molecule has 0 radical (unpaired) electrons. The standard InChI is InChI=1S/C51H34N4S2/c1-3-15-31(16-4-1)49-52-50(32-17-5-2-6-18-32)54-51(53-49)39-25-11-23-37-45-35(21-13-29-43(45)56-47(37)39)36-22-14-30-44-46(36)38-24-12-28-42(48(38)57-44)55-40-26-9-7-19-33(40)34-20-8-10-27-41(34)55/h1-30,33,40,51H,(H,52,53,54). The topological polar surface area (TPSA) is 40.0 Å². The molecule has 12 rings (SSSR count). The third kappa shape index (κ3) is 5.11. The van der Waals surface area contributed by atoms with Crippen LogP contribution in [0.1, 0.15) is 34.3 Å². The normalized spacial score (nSPS) is 17.6. The van der Waals surface area contributed by atoms with Crippen molar-refractivity contribution < 1.29 is 0 Å². The van der Waals surface area contributed by atoms with Crippen LogP contribution in [0, 0.1) is 0 Å². The van der Waals surface area contributed by atoms with E-state index in [1.165, 1.54) is 68.4 Å². The lowest BCUT2D eigenvalue weighted by atomic mass is 9.91. The number of thiophene rings is 2. The van der Waals surface area contributed by atoms with Crippen molar-refractivity contribution in [2.45, 2.75) is 18.1 Å². The zero-order valence-corrected chi connectivity index (χ0v) is 32.3. The number of para-hydroxylation sites is 1. The second-order valence-electron chi connectivity index (χ2n) is 14.8. The van der Waals surface area contributed by atoms with Gasteiger partial charge in [-0.1, -0.05) is 158 Å². The third-order valence-corrected chi connectivity index (χ3v) is 14.1. The van der Waals surface area contributed by atoms with E-state index >= 15 is 0 Å². The molecule has 6 heteroatoms. The Kier molecular flexibility index (Phi) is 7.43. The van der Waals surface area contributed by atoms with E-state index in [1.54, 1.807) is 0 Å². The maximum absolute atomic E-state index is 5.26. The van der Waals surface area contributed by atoms with Gasteiger partial charge in [-0.3, -0.25) is 0 Å². The van der Waals surface area contributed by atoms with Gasteiger partial charge in [0.15, 0.2) is 6.17 Å². The number of benzene rings is 7. The first-order chi connectivity index (χ1) is 28.3. The van der Waals surface area contributed by atoms with Crippen molar-refractivity contribution in [2.75, 3.05) is 4.90 Å². The fourth-order valence-electron chi connectivity index (χ4n) is 9.19. The highest BCUT2D eigenvalue weighted by Crippen LogP contribution is 2.53. The van der Waals surface area contributed by atoms with Crippen molar-refractivity contribution in [1.82, 2.24) is 5.32 Å². The number of hydrogen-bond acceptors (Lipinski definition) is 6. The molecular weight excluding hydrogens is 733 g/mol. The Morgan fingerprint density at radius 3 is 1.72 bits per heavy atom. The molecule has 7 aromatic carbocycles. The lowest BCUT2D eigenvalue weighted by Gasteiger charge is -2.29. The molecule has 1 N–H and O–H groups in total. The van der Waals surface area contributed by atoms with Crippen molar-refractivity contribution >= 4 is 86.1 Å².